The van der Waals surface area contributed by atoms with Gasteiger partial charge in [0, 0.05) is 30.5 Å². The number of unbranched alkanes of at least 4 members (excludes halogenated alkanes) is 3. The minimum Gasteiger partial charge on any atom is -0.396 e. The summed E-state index contributed by atoms with van der Waals surface area (Å²) in [6.07, 6.45) is 7.97. The van der Waals surface area contributed by atoms with Gasteiger partial charge in [-0.2, -0.15) is 11.8 Å². The summed E-state index contributed by atoms with van der Waals surface area (Å²) in [6.45, 7) is 0.479. The molecule has 204 valence electrons. The number of carbonyl (C=O) groups excluding carboxylic acids is 2. The third-order valence-electron chi connectivity index (χ3n) is 6.72. The van der Waals surface area contributed by atoms with Gasteiger partial charge < -0.3 is 36.0 Å². The van der Waals surface area contributed by atoms with Gasteiger partial charge in [0.05, 0.1) is 56.7 Å². The van der Waals surface area contributed by atoms with Crippen molar-refractivity contribution in [1.82, 2.24) is 30.9 Å². The molecule has 36 heavy (non-hydrogen) atoms. The van der Waals surface area contributed by atoms with E-state index in [0.29, 0.717) is 30.5 Å². The number of aliphatic hydroxyl groups is 3. The zero-order valence-electron chi connectivity index (χ0n) is 20.7. The van der Waals surface area contributed by atoms with Gasteiger partial charge in [-0.3, -0.25) is 9.48 Å². The van der Waals surface area contributed by atoms with E-state index >= 15 is 0 Å². The molecule has 1 aromatic heterocycles. The predicted molar refractivity (Wildman–Crippen MR) is 134 cm³/mol. The largest absolute Gasteiger partial charge is 0.396 e. The predicted octanol–water partition coefficient (Wildman–Crippen LogP) is -0.230. The minimum atomic E-state index is -1.06. The Morgan fingerprint density at radius 1 is 1.17 bits per heavy atom. The SMILES string of the molecule is O=C(CCCC[C@H]1SC[C@H]2NC(=O)N[C@H]21)NCCCCCn1cc(COCC(CO)(CO)CO)nn1. The van der Waals surface area contributed by atoms with E-state index in [0.717, 1.165) is 44.3 Å². The third kappa shape index (κ3) is 8.58. The summed E-state index contributed by atoms with van der Waals surface area (Å²) in [7, 11) is 0. The second-order valence-corrected chi connectivity index (χ2v) is 11.0. The van der Waals surface area contributed by atoms with Gasteiger partial charge in [-0.25, -0.2) is 4.79 Å². The summed E-state index contributed by atoms with van der Waals surface area (Å²) in [4.78, 5) is 23.5. The molecule has 12 nitrogen and oxygen atoms in total. The van der Waals surface area contributed by atoms with Crippen LogP contribution in [0.3, 0.4) is 0 Å². The topological polar surface area (TPSA) is 171 Å². The van der Waals surface area contributed by atoms with Crippen molar-refractivity contribution in [2.45, 2.75) is 75.4 Å². The second kappa shape index (κ2) is 14.7. The lowest BCUT2D eigenvalue weighted by Crippen LogP contribution is -2.38. The average molecular weight is 529 g/mol. The number of rotatable bonds is 18. The maximum Gasteiger partial charge on any atom is 0.315 e. The first-order valence-electron chi connectivity index (χ1n) is 12.7. The molecule has 2 aliphatic heterocycles. The third-order valence-corrected chi connectivity index (χ3v) is 8.23. The van der Waals surface area contributed by atoms with Crippen molar-refractivity contribution >= 4 is 23.7 Å². The number of nitrogens with one attached hydrogen (secondary N) is 3. The van der Waals surface area contributed by atoms with Crippen LogP contribution in [0.15, 0.2) is 6.20 Å². The minimum absolute atomic E-state index is 0.0207. The van der Waals surface area contributed by atoms with E-state index in [1.54, 1.807) is 10.9 Å². The number of hydrogen-bond donors (Lipinski definition) is 6. The molecule has 2 saturated heterocycles. The first-order valence-corrected chi connectivity index (χ1v) is 13.8. The van der Waals surface area contributed by atoms with E-state index in [9.17, 15) is 24.9 Å². The molecule has 2 aliphatic rings. The number of fused-ring (bicyclic) bond motifs is 1. The van der Waals surface area contributed by atoms with Crippen molar-refractivity contribution in [2.75, 3.05) is 38.7 Å². The molecule has 3 atom stereocenters. The Morgan fingerprint density at radius 3 is 2.75 bits per heavy atom. The molecule has 0 saturated carbocycles. The lowest BCUT2D eigenvalue weighted by Gasteiger charge is -2.26. The molecule has 0 aromatic carbocycles. The number of thioether (sulfide) groups is 1. The highest BCUT2D eigenvalue weighted by atomic mass is 32.2. The second-order valence-electron chi connectivity index (χ2n) is 9.72. The average Bonchev–Trinajstić information content (AvgIpc) is 3.58. The molecule has 0 radical (unpaired) electrons. The number of hydrogen-bond acceptors (Lipinski definition) is 9. The highest BCUT2D eigenvalue weighted by Gasteiger charge is 2.42. The van der Waals surface area contributed by atoms with Gasteiger partial charge >= 0.3 is 6.03 Å². The van der Waals surface area contributed by atoms with Gasteiger partial charge in [-0.15, -0.1) is 5.10 Å². The molecule has 13 heteroatoms. The first kappa shape index (κ1) is 28.6. The Balaban J connectivity index is 1.16. The van der Waals surface area contributed by atoms with E-state index in [1.165, 1.54) is 0 Å². The fourth-order valence-corrected chi connectivity index (χ4v) is 5.88. The van der Waals surface area contributed by atoms with Crippen molar-refractivity contribution in [1.29, 1.82) is 0 Å². The van der Waals surface area contributed by atoms with Crippen LogP contribution in [-0.2, 0) is 22.7 Å². The maximum absolute atomic E-state index is 12.1. The number of aliphatic hydroxyl groups excluding tert-OH is 3. The number of ether oxygens (including phenoxy) is 1. The normalized spacial score (nSPS) is 21.3. The summed E-state index contributed by atoms with van der Waals surface area (Å²) >= 11 is 1.90. The standard InChI is InChI=1S/C23H40N6O6S/c30-13-23(14-31,15-32)16-35-11-17-10-29(28-27-17)9-5-1-4-8-24-20(33)7-3-2-6-19-21-18(12-36-19)25-22(34)26-21/h10,18-19,21,30-32H,1-9,11-16H2,(H,24,33)(H2,25,26,34)/t18-,19-,21-/m1/s1. The fourth-order valence-electron chi connectivity index (χ4n) is 4.34. The van der Waals surface area contributed by atoms with Crippen molar-refractivity contribution in [2.24, 2.45) is 5.41 Å². The molecule has 0 spiro atoms. The van der Waals surface area contributed by atoms with E-state index in [4.69, 9.17) is 4.74 Å². The summed E-state index contributed by atoms with van der Waals surface area (Å²) in [5.41, 5.74) is -0.418. The van der Waals surface area contributed by atoms with Crippen molar-refractivity contribution in [3.63, 3.8) is 0 Å². The van der Waals surface area contributed by atoms with Crippen LogP contribution in [0.25, 0.3) is 0 Å². The van der Waals surface area contributed by atoms with Crippen LogP contribution in [0, 0.1) is 5.41 Å². The number of aryl methyl sites for hydroxylation is 1. The van der Waals surface area contributed by atoms with Gasteiger partial charge in [0.1, 0.15) is 5.69 Å². The van der Waals surface area contributed by atoms with Crippen LogP contribution in [0.2, 0.25) is 0 Å². The van der Waals surface area contributed by atoms with Crippen LogP contribution in [-0.4, -0.2) is 98.3 Å². The van der Waals surface area contributed by atoms with Crippen molar-refractivity contribution < 1.29 is 29.6 Å². The smallest absolute Gasteiger partial charge is 0.315 e. The molecule has 3 rings (SSSR count). The zero-order chi connectivity index (χ0) is 25.8. The first-order chi connectivity index (χ1) is 17.5. The molecular weight excluding hydrogens is 488 g/mol. The Hall–Kier alpha value is -1.93. The molecule has 6 N–H and O–H groups in total. The van der Waals surface area contributed by atoms with Gasteiger partial charge in [0.2, 0.25) is 5.91 Å². The fraction of sp³-hybridized carbons (Fsp3) is 0.826. The van der Waals surface area contributed by atoms with Crippen LogP contribution >= 0.6 is 11.8 Å². The summed E-state index contributed by atoms with van der Waals surface area (Å²) in [5.74, 6) is 1.06. The van der Waals surface area contributed by atoms with Gasteiger partial charge in [-0.1, -0.05) is 11.6 Å². The Kier molecular flexibility index (Phi) is 11.7. The molecular formula is C23H40N6O6S. The van der Waals surface area contributed by atoms with Gasteiger partial charge in [-0.05, 0) is 32.1 Å². The van der Waals surface area contributed by atoms with Crippen LogP contribution in [0.1, 0.15) is 50.6 Å². The number of aromatic nitrogens is 3. The Labute approximate surface area is 215 Å². The van der Waals surface area contributed by atoms with Crippen molar-refractivity contribution in [3.8, 4) is 0 Å². The molecule has 0 aliphatic carbocycles. The molecule has 3 amide bonds. The van der Waals surface area contributed by atoms with E-state index in [2.05, 4.69) is 26.3 Å². The quantitative estimate of drug-likeness (QED) is 0.111. The lowest BCUT2D eigenvalue weighted by molar-refractivity contribution is -0.121. The number of carbonyl (C=O) groups is 2. The highest BCUT2D eigenvalue weighted by molar-refractivity contribution is 8.00. The number of urea groups is 1. The summed E-state index contributed by atoms with van der Waals surface area (Å²) in [5, 5.41) is 45.5. The Morgan fingerprint density at radius 2 is 1.97 bits per heavy atom. The zero-order valence-corrected chi connectivity index (χ0v) is 21.5. The molecule has 1 aromatic rings. The molecule has 0 unspecified atom stereocenters. The van der Waals surface area contributed by atoms with Gasteiger partial charge in [0.25, 0.3) is 0 Å². The summed E-state index contributed by atoms with van der Waals surface area (Å²) < 4.78 is 7.22. The van der Waals surface area contributed by atoms with E-state index in [-0.39, 0.29) is 57.1 Å². The summed E-state index contributed by atoms with van der Waals surface area (Å²) in [6, 6.07) is 0.417. The number of amides is 3. The highest BCUT2D eigenvalue weighted by Crippen LogP contribution is 2.33. The van der Waals surface area contributed by atoms with E-state index in [1.807, 2.05) is 11.8 Å². The van der Waals surface area contributed by atoms with Gasteiger partial charge in [0.15, 0.2) is 0 Å². The lowest BCUT2D eigenvalue weighted by atomic mass is 9.93. The van der Waals surface area contributed by atoms with Crippen LogP contribution in [0.5, 0.6) is 0 Å². The maximum atomic E-state index is 12.1. The molecule has 3 heterocycles. The number of nitrogens with zero attached hydrogens (tertiary/aromatic N) is 3. The van der Waals surface area contributed by atoms with Crippen LogP contribution < -0.4 is 16.0 Å². The van der Waals surface area contributed by atoms with Crippen molar-refractivity contribution in [3.05, 3.63) is 11.9 Å². The molecule has 0 bridgehead atoms. The Bertz CT molecular complexity index is 815. The van der Waals surface area contributed by atoms with E-state index < -0.39 is 5.41 Å². The van der Waals surface area contributed by atoms with Crippen LogP contribution in [0.4, 0.5) is 4.79 Å². The molecule has 2 fully saturated rings. The monoisotopic (exact) mass is 528 g/mol.